The molecular weight excluding hydrogens is 448 g/mol. The van der Waals surface area contributed by atoms with Gasteiger partial charge in [-0.25, -0.2) is 0 Å². The molecule has 194 valence electrons. The van der Waals surface area contributed by atoms with Crippen LogP contribution in [-0.4, -0.2) is 81.3 Å². The van der Waals surface area contributed by atoms with Gasteiger partial charge in [0.25, 0.3) is 0 Å². The summed E-state index contributed by atoms with van der Waals surface area (Å²) in [5.41, 5.74) is -2.93. The molecule has 4 heterocycles. The molecule has 0 saturated carbocycles. The lowest BCUT2D eigenvalue weighted by molar-refractivity contribution is -0.163. The van der Waals surface area contributed by atoms with Crippen LogP contribution in [0.25, 0.3) is 0 Å². The van der Waals surface area contributed by atoms with E-state index in [1.807, 2.05) is 65.8 Å². The molecule has 4 aliphatic rings. The average molecular weight is 489 g/mol. The zero-order valence-corrected chi connectivity index (χ0v) is 21.8. The summed E-state index contributed by atoms with van der Waals surface area (Å²) in [6.07, 6.45) is 9.71. The van der Waals surface area contributed by atoms with Gasteiger partial charge < -0.3 is 24.4 Å². The number of carbonyl (C=O) groups is 3. The van der Waals surface area contributed by atoms with Gasteiger partial charge in [0.15, 0.2) is 0 Å². The number of hydrogen-bond donors (Lipinski definition) is 1. The van der Waals surface area contributed by atoms with Gasteiger partial charge in [0.05, 0.1) is 30.8 Å². The Labute approximate surface area is 208 Å². The molecule has 8 heteroatoms. The molecule has 0 aromatic carbocycles. The van der Waals surface area contributed by atoms with Crippen LogP contribution in [0.4, 0.5) is 0 Å². The monoisotopic (exact) mass is 488 g/mol. The summed E-state index contributed by atoms with van der Waals surface area (Å²) >= 11 is 0. The normalized spacial score (nSPS) is 37.9. The molecule has 8 nitrogen and oxygen atoms in total. The predicted octanol–water partition coefficient (Wildman–Crippen LogP) is 2.45. The molecule has 4 aliphatic heterocycles. The minimum absolute atomic E-state index is 0.0540. The van der Waals surface area contributed by atoms with Gasteiger partial charge in [0, 0.05) is 12.1 Å². The van der Waals surface area contributed by atoms with Crippen molar-refractivity contribution in [3.63, 3.8) is 0 Å². The fraction of sp³-hybridized carbons (Fsp3) is 0.741. The number of likely N-dealkylation sites (tertiary alicyclic amines) is 1. The minimum Gasteiger partial charge on any atom is -0.465 e. The molecule has 2 saturated heterocycles. The second kappa shape index (κ2) is 9.04. The number of hydrogen-bond acceptors (Lipinski definition) is 6. The van der Waals surface area contributed by atoms with Crippen LogP contribution in [0.1, 0.15) is 60.8 Å². The Bertz CT molecular complexity index is 938. The number of esters is 1. The second-order valence-electron chi connectivity index (χ2n) is 11.6. The third-order valence-electron chi connectivity index (χ3n) is 8.34. The second-order valence-corrected chi connectivity index (χ2v) is 11.6. The van der Waals surface area contributed by atoms with Crippen LogP contribution in [0.2, 0.25) is 0 Å². The largest absolute Gasteiger partial charge is 0.465 e. The van der Waals surface area contributed by atoms with Gasteiger partial charge in [-0.05, 0) is 46.5 Å². The van der Waals surface area contributed by atoms with Crippen LogP contribution >= 0.6 is 0 Å². The summed E-state index contributed by atoms with van der Waals surface area (Å²) in [5, 5.41) is 10.4. The number of ether oxygens (including phenoxy) is 2. The molecule has 2 amide bonds. The van der Waals surface area contributed by atoms with E-state index in [2.05, 4.69) is 0 Å². The molecule has 1 unspecified atom stereocenters. The number of fused-ring (bicyclic) bond motifs is 2. The number of amides is 2. The van der Waals surface area contributed by atoms with Gasteiger partial charge in [-0.15, -0.1) is 0 Å². The van der Waals surface area contributed by atoms with E-state index in [1.165, 1.54) is 0 Å². The van der Waals surface area contributed by atoms with E-state index in [0.717, 1.165) is 12.8 Å². The molecule has 0 aromatic heterocycles. The summed E-state index contributed by atoms with van der Waals surface area (Å²) in [6.45, 7) is 12.0. The average Bonchev–Trinajstić information content (AvgIpc) is 3.13. The first-order chi connectivity index (χ1) is 16.4. The molecule has 0 radical (unpaired) electrons. The topological polar surface area (TPSA) is 96.4 Å². The Morgan fingerprint density at radius 2 is 1.86 bits per heavy atom. The number of aliphatic hydroxyl groups excluding tert-OH is 1. The maximum Gasteiger partial charge on any atom is 0.313 e. The van der Waals surface area contributed by atoms with E-state index in [-0.39, 0.29) is 30.9 Å². The van der Waals surface area contributed by atoms with E-state index in [9.17, 15) is 19.5 Å². The van der Waals surface area contributed by atoms with Crippen molar-refractivity contribution in [1.82, 2.24) is 9.80 Å². The predicted molar refractivity (Wildman–Crippen MR) is 130 cm³/mol. The molecule has 4 rings (SSSR count). The van der Waals surface area contributed by atoms with Crippen LogP contribution in [0.5, 0.6) is 0 Å². The van der Waals surface area contributed by atoms with Crippen LogP contribution in [-0.2, 0) is 23.9 Å². The summed E-state index contributed by atoms with van der Waals surface area (Å²) in [4.78, 5) is 45.3. The zero-order chi connectivity index (χ0) is 25.8. The number of cyclic esters (lactones) is 1. The van der Waals surface area contributed by atoms with Crippen molar-refractivity contribution in [1.29, 1.82) is 0 Å². The summed E-state index contributed by atoms with van der Waals surface area (Å²) in [7, 11) is 0. The van der Waals surface area contributed by atoms with E-state index in [0.29, 0.717) is 13.0 Å². The number of nitrogens with zero attached hydrogens (tertiary/aromatic N) is 2. The van der Waals surface area contributed by atoms with Crippen molar-refractivity contribution in [2.24, 2.45) is 17.8 Å². The van der Waals surface area contributed by atoms with Crippen LogP contribution in [0.15, 0.2) is 24.3 Å². The summed E-state index contributed by atoms with van der Waals surface area (Å²) in [5.74, 6) is -2.91. The van der Waals surface area contributed by atoms with E-state index >= 15 is 0 Å². The van der Waals surface area contributed by atoms with Gasteiger partial charge in [0.2, 0.25) is 11.8 Å². The van der Waals surface area contributed by atoms with Crippen LogP contribution < -0.4 is 0 Å². The Hall–Kier alpha value is -2.19. The van der Waals surface area contributed by atoms with Crippen molar-refractivity contribution in [3.05, 3.63) is 24.3 Å². The van der Waals surface area contributed by atoms with E-state index < -0.39 is 46.6 Å². The summed E-state index contributed by atoms with van der Waals surface area (Å²) < 4.78 is 12.4. The highest BCUT2D eigenvalue weighted by Crippen LogP contribution is 2.58. The number of aliphatic hydroxyl groups is 1. The quantitative estimate of drug-likeness (QED) is 0.482. The van der Waals surface area contributed by atoms with Gasteiger partial charge in [0.1, 0.15) is 17.6 Å². The van der Waals surface area contributed by atoms with E-state index in [4.69, 9.17) is 9.47 Å². The Morgan fingerprint density at radius 1 is 1.14 bits per heavy atom. The molecule has 1 N–H and O–H groups in total. The Morgan fingerprint density at radius 3 is 2.49 bits per heavy atom. The van der Waals surface area contributed by atoms with Gasteiger partial charge >= 0.3 is 5.97 Å². The molecule has 7 atom stereocenters. The molecule has 1 spiro atoms. The van der Waals surface area contributed by atoms with Crippen LogP contribution in [0, 0.1) is 17.8 Å². The fourth-order valence-corrected chi connectivity index (χ4v) is 6.35. The first kappa shape index (κ1) is 25.9. The lowest BCUT2D eigenvalue weighted by atomic mass is 9.74. The lowest BCUT2D eigenvalue weighted by Gasteiger charge is -2.44. The minimum atomic E-state index is -1.34. The van der Waals surface area contributed by atoms with Gasteiger partial charge in [-0.1, -0.05) is 44.6 Å². The molecule has 35 heavy (non-hydrogen) atoms. The summed E-state index contributed by atoms with van der Waals surface area (Å²) in [6, 6.07) is -1.56. The SMILES string of the molecule is CC[C@H](C)[C@H](CO)N1C(=O)[C@@H]2[C@H]3C(=O)OCCC/C=C\[C@@]3(C)O[C@@]23C=CCN(C(C)(C)C)C(=O)C13. The number of rotatable bonds is 4. The standard InChI is InChI=1S/C27H40N2O6/c1-7-17(2)18(16-30)29-21-23(32)28(25(3,4)5)14-11-13-27(21)19(22(29)31)20-24(33)34-15-10-8-9-12-26(20,6)35-27/h9,11-13,17-21,30H,7-8,10,14-16H2,1-6H3/b12-9-/t17-,18-,19-,20-,21?,26+,27-/m0/s1. The van der Waals surface area contributed by atoms with Gasteiger partial charge in [-0.3, -0.25) is 14.4 Å². The van der Waals surface area contributed by atoms with Crippen molar-refractivity contribution >= 4 is 17.8 Å². The highest BCUT2D eigenvalue weighted by atomic mass is 16.6. The third-order valence-corrected chi connectivity index (χ3v) is 8.34. The molecule has 2 fully saturated rings. The first-order valence-electron chi connectivity index (χ1n) is 12.9. The van der Waals surface area contributed by atoms with Crippen molar-refractivity contribution in [3.8, 4) is 0 Å². The van der Waals surface area contributed by atoms with Crippen molar-refractivity contribution in [2.75, 3.05) is 19.8 Å². The first-order valence-corrected chi connectivity index (χ1v) is 12.9. The highest BCUT2D eigenvalue weighted by Gasteiger charge is 2.75. The molecule has 0 aromatic rings. The van der Waals surface area contributed by atoms with Crippen molar-refractivity contribution < 1.29 is 29.0 Å². The van der Waals surface area contributed by atoms with Crippen molar-refractivity contribution in [2.45, 2.75) is 89.6 Å². The smallest absolute Gasteiger partial charge is 0.313 e. The lowest BCUT2D eigenvalue weighted by Crippen LogP contribution is -2.62. The molecule has 0 bridgehead atoms. The Kier molecular flexibility index (Phi) is 6.68. The molecular formula is C27H40N2O6. The number of carbonyl (C=O) groups excluding carboxylic acids is 3. The number of allylic oxidation sites excluding steroid dienone is 1. The zero-order valence-electron chi connectivity index (χ0n) is 21.8. The highest BCUT2D eigenvalue weighted by molar-refractivity contribution is 5.99. The maximum atomic E-state index is 14.3. The maximum absolute atomic E-state index is 14.3. The van der Waals surface area contributed by atoms with Gasteiger partial charge in [-0.2, -0.15) is 0 Å². The fourth-order valence-electron chi connectivity index (χ4n) is 6.35. The Balaban J connectivity index is 1.93. The molecule has 0 aliphatic carbocycles. The van der Waals surface area contributed by atoms with E-state index in [1.54, 1.807) is 9.80 Å². The third kappa shape index (κ3) is 3.93. The van der Waals surface area contributed by atoms with Crippen LogP contribution in [0.3, 0.4) is 0 Å².